The SMILES string of the molecule is O=C(O)c1nc(C2CCS(=O)(=O)C2)ncc1Cl. The van der Waals surface area contributed by atoms with Gasteiger partial charge in [-0.3, -0.25) is 0 Å². The van der Waals surface area contributed by atoms with E-state index >= 15 is 0 Å². The molecule has 6 nitrogen and oxygen atoms in total. The molecule has 1 saturated heterocycles. The monoisotopic (exact) mass is 276 g/mol. The van der Waals surface area contributed by atoms with Crippen LogP contribution in [0.1, 0.15) is 28.7 Å². The minimum absolute atomic E-state index is 0.0340. The van der Waals surface area contributed by atoms with Crippen molar-refractivity contribution in [3.8, 4) is 0 Å². The molecule has 1 aromatic rings. The number of carboxylic acid groups (broad SMARTS) is 1. The van der Waals surface area contributed by atoms with Crippen molar-refractivity contribution < 1.29 is 18.3 Å². The molecule has 0 amide bonds. The number of aromatic nitrogens is 2. The van der Waals surface area contributed by atoms with Crippen LogP contribution >= 0.6 is 11.6 Å². The average Bonchev–Trinajstić information content (AvgIpc) is 2.59. The number of sulfone groups is 1. The van der Waals surface area contributed by atoms with E-state index in [2.05, 4.69) is 9.97 Å². The number of hydrogen-bond acceptors (Lipinski definition) is 5. The van der Waals surface area contributed by atoms with Crippen LogP contribution in [0, 0.1) is 0 Å². The molecule has 1 aliphatic rings. The lowest BCUT2D eigenvalue weighted by Gasteiger charge is -2.07. The number of rotatable bonds is 2. The van der Waals surface area contributed by atoms with Crippen LogP contribution in [-0.4, -0.2) is 41.0 Å². The summed E-state index contributed by atoms with van der Waals surface area (Å²) in [5, 5.41) is 8.79. The average molecular weight is 277 g/mol. The number of hydrogen-bond donors (Lipinski definition) is 1. The van der Waals surface area contributed by atoms with E-state index in [1.165, 1.54) is 6.20 Å². The van der Waals surface area contributed by atoms with Crippen LogP contribution in [-0.2, 0) is 9.84 Å². The van der Waals surface area contributed by atoms with E-state index in [9.17, 15) is 13.2 Å². The molecule has 2 heterocycles. The van der Waals surface area contributed by atoms with Crippen LogP contribution in [0.4, 0.5) is 0 Å². The van der Waals surface area contributed by atoms with E-state index in [1.807, 2.05) is 0 Å². The van der Waals surface area contributed by atoms with Crippen molar-refractivity contribution in [1.82, 2.24) is 9.97 Å². The topological polar surface area (TPSA) is 97.2 Å². The van der Waals surface area contributed by atoms with E-state index in [-0.39, 0.29) is 34.0 Å². The van der Waals surface area contributed by atoms with Crippen molar-refractivity contribution in [3.05, 3.63) is 22.7 Å². The summed E-state index contributed by atoms with van der Waals surface area (Å²) in [4.78, 5) is 18.5. The van der Waals surface area contributed by atoms with Gasteiger partial charge >= 0.3 is 5.97 Å². The van der Waals surface area contributed by atoms with Crippen molar-refractivity contribution in [2.45, 2.75) is 12.3 Å². The highest BCUT2D eigenvalue weighted by Gasteiger charge is 2.31. The Morgan fingerprint density at radius 3 is 2.76 bits per heavy atom. The molecule has 1 aliphatic heterocycles. The maximum atomic E-state index is 11.3. The minimum Gasteiger partial charge on any atom is -0.476 e. The quantitative estimate of drug-likeness (QED) is 0.855. The van der Waals surface area contributed by atoms with Crippen molar-refractivity contribution in [2.24, 2.45) is 0 Å². The standard InChI is InChI=1S/C9H9ClN2O4S/c10-6-3-11-8(12-7(6)9(13)14)5-1-2-17(15,16)4-5/h3,5H,1-2,4H2,(H,13,14). The van der Waals surface area contributed by atoms with Crippen LogP contribution in [0.3, 0.4) is 0 Å². The highest BCUT2D eigenvalue weighted by atomic mass is 35.5. The van der Waals surface area contributed by atoms with Crippen molar-refractivity contribution in [2.75, 3.05) is 11.5 Å². The third kappa shape index (κ3) is 2.55. The van der Waals surface area contributed by atoms with E-state index in [4.69, 9.17) is 16.7 Å². The molecule has 0 radical (unpaired) electrons. The van der Waals surface area contributed by atoms with Crippen molar-refractivity contribution >= 4 is 27.4 Å². The largest absolute Gasteiger partial charge is 0.476 e. The van der Waals surface area contributed by atoms with Crippen molar-refractivity contribution in [3.63, 3.8) is 0 Å². The number of halogens is 1. The zero-order chi connectivity index (χ0) is 12.6. The van der Waals surface area contributed by atoms with Crippen molar-refractivity contribution in [1.29, 1.82) is 0 Å². The predicted octanol–water partition coefficient (Wildman–Crippen LogP) is 0.730. The Kier molecular flexibility index (Phi) is 3.05. The second-order valence-corrected chi connectivity index (χ2v) is 6.47. The summed E-state index contributed by atoms with van der Waals surface area (Å²) in [5.74, 6) is -1.30. The lowest BCUT2D eigenvalue weighted by molar-refractivity contribution is 0.0690. The number of aromatic carboxylic acids is 1. The summed E-state index contributed by atoms with van der Waals surface area (Å²) >= 11 is 5.63. The fourth-order valence-corrected chi connectivity index (χ4v) is 3.64. The van der Waals surface area contributed by atoms with Crippen LogP contribution in [0.2, 0.25) is 5.02 Å². The number of carbonyl (C=O) groups is 1. The molecule has 0 saturated carbocycles. The maximum Gasteiger partial charge on any atom is 0.356 e. The van der Waals surface area contributed by atoms with Gasteiger partial charge in [-0.25, -0.2) is 23.2 Å². The Morgan fingerprint density at radius 1 is 1.53 bits per heavy atom. The second kappa shape index (κ2) is 4.23. The van der Waals surface area contributed by atoms with E-state index in [0.717, 1.165) is 0 Å². The van der Waals surface area contributed by atoms with Gasteiger partial charge in [0.2, 0.25) is 0 Å². The van der Waals surface area contributed by atoms with E-state index in [0.29, 0.717) is 6.42 Å². The number of nitrogens with zero attached hydrogens (tertiary/aromatic N) is 2. The van der Waals surface area contributed by atoms with Crippen LogP contribution in [0.15, 0.2) is 6.20 Å². The van der Waals surface area contributed by atoms with Gasteiger partial charge in [0.1, 0.15) is 5.82 Å². The highest BCUT2D eigenvalue weighted by Crippen LogP contribution is 2.27. The van der Waals surface area contributed by atoms with Gasteiger partial charge in [0.15, 0.2) is 15.5 Å². The third-order valence-corrected chi connectivity index (χ3v) is 4.61. The molecular weight excluding hydrogens is 268 g/mol. The molecule has 0 aliphatic carbocycles. The summed E-state index contributed by atoms with van der Waals surface area (Å²) in [7, 11) is -3.05. The highest BCUT2D eigenvalue weighted by molar-refractivity contribution is 7.91. The Bertz CT molecular complexity index is 572. The van der Waals surface area contributed by atoms with Gasteiger partial charge < -0.3 is 5.11 Å². The van der Waals surface area contributed by atoms with Crippen LogP contribution in [0.5, 0.6) is 0 Å². The van der Waals surface area contributed by atoms with Gasteiger partial charge in [0.25, 0.3) is 0 Å². The lowest BCUT2D eigenvalue weighted by atomic mass is 10.1. The first-order valence-electron chi connectivity index (χ1n) is 4.85. The van der Waals surface area contributed by atoms with Gasteiger partial charge in [0, 0.05) is 5.92 Å². The first-order valence-corrected chi connectivity index (χ1v) is 7.05. The summed E-state index contributed by atoms with van der Waals surface area (Å²) < 4.78 is 22.6. The molecule has 1 unspecified atom stereocenters. The van der Waals surface area contributed by atoms with Gasteiger partial charge in [-0.05, 0) is 6.42 Å². The predicted molar refractivity (Wildman–Crippen MR) is 60.0 cm³/mol. The molecule has 0 aromatic carbocycles. The Hall–Kier alpha value is -1.21. The summed E-state index contributed by atoms with van der Waals surface area (Å²) in [6, 6.07) is 0. The molecule has 0 spiro atoms. The molecule has 1 aromatic heterocycles. The molecule has 1 atom stereocenters. The fourth-order valence-electron chi connectivity index (χ4n) is 1.73. The molecule has 1 N–H and O–H groups in total. The van der Waals surface area contributed by atoms with Gasteiger partial charge in [-0.2, -0.15) is 0 Å². The molecule has 17 heavy (non-hydrogen) atoms. The van der Waals surface area contributed by atoms with Gasteiger partial charge in [-0.15, -0.1) is 0 Å². The summed E-state index contributed by atoms with van der Waals surface area (Å²) in [6.45, 7) is 0. The lowest BCUT2D eigenvalue weighted by Crippen LogP contribution is -2.11. The Balaban J connectivity index is 2.35. The van der Waals surface area contributed by atoms with Gasteiger partial charge in [-0.1, -0.05) is 11.6 Å². The smallest absolute Gasteiger partial charge is 0.356 e. The summed E-state index contributed by atoms with van der Waals surface area (Å²) in [6.07, 6.45) is 1.61. The first-order chi connectivity index (χ1) is 7.89. The number of carboxylic acids is 1. The van der Waals surface area contributed by atoms with Crippen LogP contribution < -0.4 is 0 Å². The summed E-state index contributed by atoms with van der Waals surface area (Å²) in [5.41, 5.74) is -0.291. The van der Waals surface area contributed by atoms with E-state index < -0.39 is 15.8 Å². The maximum absolute atomic E-state index is 11.3. The van der Waals surface area contributed by atoms with E-state index in [1.54, 1.807) is 0 Å². The molecule has 1 fully saturated rings. The zero-order valence-electron chi connectivity index (χ0n) is 8.63. The molecule has 0 bridgehead atoms. The van der Waals surface area contributed by atoms with Crippen LogP contribution in [0.25, 0.3) is 0 Å². The molecule has 92 valence electrons. The molecule has 2 rings (SSSR count). The molecule has 8 heteroatoms. The normalized spacial score (nSPS) is 22.5. The van der Waals surface area contributed by atoms with Gasteiger partial charge in [0.05, 0.1) is 22.7 Å². The minimum atomic E-state index is -3.05. The zero-order valence-corrected chi connectivity index (χ0v) is 10.2. The fraction of sp³-hybridized carbons (Fsp3) is 0.444. The Labute approximate surface area is 103 Å². The molecular formula is C9H9ClN2O4S. The third-order valence-electron chi connectivity index (χ3n) is 2.56. The Morgan fingerprint density at radius 2 is 2.24 bits per heavy atom. The first kappa shape index (κ1) is 12.3. The second-order valence-electron chi connectivity index (χ2n) is 3.83.